The number of aliphatic hydroxyl groups excluding tert-OH is 1. The van der Waals surface area contributed by atoms with E-state index in [1.54, 1.807) is 45.0 Å². The summed E-state index contributed by atoms with van der Waals surface area (Å²) in [5.74, 6) is -1.97. The lowest BCUT2D eigenvalue weighted by Gasteiger charge is -2.24. The summed E-state index contributed by atoms with van der Waals surface area (Å²) >= 11 is 5.68. The number of Topliss-reactive ketones (excluding diaryl/α,β-unsaturated/α-hetero) is 2. The summed E-state index contributed by atoms with van der Waals surface area (Å²) in [6.07, 6.45) is 0. The summed E-state index contributed by atoms with van der Waals surface area (Å²) in [4.78, 5) is 49.5. The Morgan fingerprint density at radius 2 is 1.66 bits per heavy atom. The molecule has 0 radical (unpaired) electrons. The van der Waals surface area contributed by atoms with Gasteiger partial charge in [0.15, 0.2) is 16.7 Å². The van der Waals surface area contributed by atoms with E-state index >= 15 is 0 Å². The predicted molar refractivity (Wildman–Crippen MR) is 127 cm³/mol. The van der Waals surface area contributed by atoms with E-state index < -0.39 is 23.5 Å². The summed E-state index contributed by atoms with van der Waals surface area (Å²) in [5, 5.41) is 11.8. The molecule has 7 nitrogen and oxygen atoms in total. The van der Waals surface area contributed by atoms with Crippen molar-refractivity contribution in [3.8, 4) is 0 Å². The number of amides is 1. The van der Waals surface area contributed by atoms with Crippen LogP contribution in [0, 0.1) is 20.8 Å². The number of hydrogen-bond donors (Lipinski definition) is 1. The topological polar surface area (TPSA) is 100 Å². The van der Waals surface area contributed by atoms with E-state index in [0.717, 1.165) is 15.8 Å². The first-order chi connectivity index (χ1) is 15.1. The van der Waals surface area contributed by atoms with Crippen LogP contribution < -0.4 is 4.90 Å². The molecule has 0 saturated heterocycles. The number of carbonyl (C=O) groups is 3. The van der Waals surface area contributed by atoms with Gasteiger partial charge < -0.3 is 5.11 Å². The van der Waals surface area contributed by atoms with Crippen molar-refractivity contribution in [3.63, 3.8) is 0 Å². The number of carbonyl (C=O) groups excluding carboxylic acids is 3. The number of ketones is 2. The van der Waals surface area contributed by atoms with Crippen molar-refractivity contribution >= 4 is 61.2 Å². The minimum atomic E-state index is -0.893. The Labute approximate surface area is 200 Å². The number of aliphatic hydroxyl groups is 1. The zero-order chi connectivity index (χ0) is 23.3. The van der Waals surface area contributed by atoms with Gasteiger partial charge in [-0.3, -0.25) is 19.3 Å². The van der Waals surface area contributed by atoms with Gasteiger partial charge in [0.05, 0.1) is 37.8 Å². The third kappa shape index (κ3) is 3.72. The Bertz CT molecular complexity index is 1310. The maximum Gasteiger partial charge on any atom is 0.296 e. The molecule has 3 aromatic rings. The Morgan fingerprint density at radius 3 is 2.19 bits per heavy atom. The van der Waals surface area contributed by atoms with Crippen molar-refractivity contribution in [2.45, 2.75) is 33.7 Å². The molecule has 1 N–H and O–H groups in total. The number of hydrogen-bond acceptors (Lipinski definition) is 8. The molecule has 10 heteroatoms. The number of benzene rings is 1. The number of nitrogens with zero attached hydrogens (tertiary/aromatic N) is 3. The zero-order valence-corrected chi connectivity index (χ0v) is 20.8. The van der Waals surface area contributed by atoms with Crippen molar-refractivity contribution in [2.24, 2.45) is 0 Å². The van der Waals surface area contributed by atoms with Crippen LogP contribution in [0.5, 0.6) is 0 Å². The first-order valence-corrected chi connectivity index (χ1v) is 12.0. The van der Waals surface area contributed by atoms with Crippen LogP contribution in [0.3, 0.4) is 0 Å². The number of rotatable bonds is 5. The third-order valence-electron chi connectivity index (χ3n) is 5.06. The smallest absolute Gasteiger partial charge is 0.296 e. The van der Waals surface area contributed by atoms with Crippen LogP contribution in [-0.4, -0.2) is 32.5 Å². The highest BCUT2D eigenvalue weighted by Crippen LogP contribution is 2.44. The molecule has 1 aliphatic heterocycles. The van der Waals surface area contributed by atoms with Crippen LogP contribution in [0.2, 0.25) is 0 Å². The van der Waals surface area contributed by atoms with Gasteiger partial charge in [0, 0.05) is 11.4 Å². The minimum absolute atomic E-state index is 0.0266. The molecule has 1 unspecified atom stereocenters. The second-order valence-electron chi connectivity index (χ2n) is 7.34. The lowest BCUT2D eigenvalue weighted by Crippen LogP contribution is -2.31. The number of anilines is 1. The van der Waals surface area contributed by atoms with Crippen LogP contribution >= 0.6 is 38.6 Å². The molecule has 0 spiro atoms. The summed E-state index contributed by atoms with van der Waals surface area (Å²) in [6.45, 7) is 6.64. The van der Waals surface area contributed by atoms with Gasteiger partial charge in [-0.1, -0.05) is 39.4 Å². The van der Waals surface area contributed by atoms with E-state index in [9.17, 15) is 19.5 Å². The number of halogens is 1. The number of aromatic nitrogens is 2. The average molecular weight is 532 g/mol. The van der Waals surface area contributed by atoms with Crippen LogP contribution in [-0.2, 0) is 4.79 Å². The van der Waals surface area contributed by atoms with Crippen molar-refractivity contribution in [3.05, 3.63) is 71.8 Å². The first kappa shape index (κ1) is 22.5. The van der Waals surface area contributed by atoms with Crippen LogP contribution in [0.1, 0.15) is 54.3 Å². The van der Waals surface area contributed by atoms with Crippen molar-refractivity contribution < 1.29 is 19.5 Å². The fourth-order valence-electron chi connectivity index (χ4n) is 3.67. The largest absolute Gasteiger partial charge is 0.503 e. The second kappa shape index (κ2) is 8.34. The third-order valence-corrected chi connectivity index (χ3v) is 7.92. The Morgan fingerprint density at radius 1 is 1.03 bits per heavy atom. The molecule has 0 saturated carbocycles. The van der Waals surface area contributed by atoms with E-state index in [1.165, 1.54) is 23.2 Å². The van der Waals surface area contributed by atoms with Crippen LogP contribution in [0.15, 0.2) is 40.1 Å². The molecule has 3 heterocycles. The molecule has 1 amide bonds. The quantitative estimate of drug-likeness (QED) is 0.450. The van der Waals surface area contributed by atoms with E-state index in [-0.39, 0.29) is 16.5 Å². The molecule has 164 valence electrons. The van der Waals surface area contributed by atoms with Gasteiger partial charge in [-0.2, -0.15) is 0 Å². The van der Waals surface area contributed by atoms with Crippen molar-refractivity contribution in [1.29, 1.82) is 0 Å². The Hall–Kier alpha value is -2.69. The highest BCUT2D eigenvalue weighted by molar-refractivity contribution is 9.10. The van der Waals surface area contributed by atoms with E-state index in [4.69, 9.17) is 0 Å². The van der Waals surface area contributed by atoms with Crippen LogP contribution in [0.25, 0.3) is 0 Å². The molecule has 0 aliphatic carbocycles. The maximum atomic E-state index is 13.5. The highest BCUT2D eigenvalue weighted by atomic mass is 79.9. The van der Waals surface area contributed by atoms with Gasteiger partial charge in [-0.25, -0.2) is 9.97 Å². The molecule has 2 aromatic heterocycles. The number of thiazole rings is 2. The molecule has 1 aromatic carbocycles. The van der Waals surface area contributed by atoms with Gasteiger partial charge >= 0.3 is 0 Å². The van der Waals surface area contributed by atoms with Crippen LogP contribution in [0.4, 0.5) is 5.13 Å². The van der Waals surface area contributed by atoms with Gasteiger partial charge in [0.25, 0.3) is 5.91 Å². The number of aryl methyl sites for hydroxylation is 3. The van der Waals surface area contributed by atoms with E-state index in [1.807, 2.05) is 0 Å². The normalized spacial score (nSPS) is 16.2. The Kier molecular flexibility index (Phi) is 5.87. The fourth-order valence-corrected chi connectivity index (χ4v) is 5.80. The lowest BCUT2D eigenvalue weighted by molar-refractivity contribution is -0.117. The first-order valence-electron chi connectivity index (χ1n) is 9.59. The molecule has 32 heavy (non-hydrogen) atoms. The summed E-state index contributed by atoms with van der Waals surface area (Å²) in [6, 6.07) is 6.25. The fraction of sp³-hybridized carbons (Fsp3) is 0.227. The molecule has 1 atom stereocenters. The highest BCUT2D eigenvalue weighted by Gasteiger charge is 2.46. The van der Waals surface area contributed by atoms with Gasteiger partial charge in [0.2, 0.25) is 5.78 Å². The van der Waals surface area contributed by atoms with Gasteiger partial charge in [-0.15, -0.1) is 11.3 Å². The molecular weight excluding hydrogens is 514 g/mol. The SMILES string of the molecule is CC(=O)c1sc(N2C(=O)C(O)=C(C(=O)c3sc(C)nc3C)C2c2ccc(Br)cc2)nc1C. The summed E-state index contributed by atoms with van der Waals surface area (Å²) in [5.41, 5.74) is 1.64. The van der Waals surface area contributed by atoms with Crippen molar-refractivity contribution in [2.75, 3.05) is 4.90 Å². The van der Waals surface area contributed by atoms with E-state index in [2.05, 4.69) is 25.9 Å². The molecule has 1 aliphatic rings. The Balaban J connectivity index is 1.90. The zero-order valence-electron chi connectivity index (χ0n) is 17.6. The summed E-state index contributed by atoms with van der Waals surface area (Å²) < 4.78 is 0.830. The standard InChI is InChI=1S/C22H18BrN3O4S2/c1-9-19(11(3)27)32-22(25-9)26-16(13-5-7-14(23)8-6-13)15(18(29)21(26)30)17(28)20-10(2)24-12(4)31-20/h5-8,16,29H,1-4H3. The second-order valence-corrected chi connectivity index (χ2v) is 10.4. The molecule has 0 fully saturated rings. The minimum Gasteiger partial charge on any atom is -0.503 e. The predicted octanol–water partition coefficient (Wildman–Crippen LogP) is 5.27. The lowest BCUT2D eigenvalue weighted by atomic mass is 9.95. The van der Waals surface area contributed by atoms with Crippen molar-refractivity contribution in [1.82, 2.24) is 9.97 Å². The molecule has 0 bridgehead atoms. The average Bonchev–Trinajstić information content (AvgIpc) is 3.36. The van der Waals surface area contributed by atoms with Gasteiger partial charge in [0.1, 0.15) is 0 Å². The maximum absolute atomic E-state index is 13.5. The monoisotopic (exact) mass is 531 g/mol. The molecule has 4 rings (SSSR count). The van der Waals surface area contributed by atoms with Gasteiger partial charge in [-0.05, 0) is 38.5 Å². The molecular formula is C22H18BrN3O4S2. The summed E-state index contributed by atoms with van der Waals surface area (Å²) in [7, 11) is 0. The van der Waals surface area contributed by atoms with E-state index in [0.29, 0.717) is 31.7 Å².